The summed E-state index contributed by atoms with van der Waals surface area (Å²) in [7, 11) is 0. The van der Waals surface area contributed by atoms with Gasteiger partial charge in [-0.05, 0) is 32.9 Å². The van der Waals surface area contributed by atoms with Crippen LogP contribution in [0.1, 0.15) is 41.6 Å². The summed E-state index contributed by atoms with van der Waals surface area (Å²) in [5.74, 6) is 0.790. The number of rotatable bonds is 3. The monoisotopic (exact) mass is 350 g/mol. The minimum absolute atomic E-state index is 0.00792. The summed E-state index contributed by atoms with van der Waals surface area (Å²) in [4.78, 5) is 17.3. The van der Waals surface area contributed by atoms with Gasteiger partial charge in [-0.2, -0.15) is 10.4 Å². The quantitative estimate of drug-likeness (QED) is 0.783. The Morgan fingerprint density at radius 3 is 3.00 bits per heavy atom. The van der Waals surface area contributed by atoms with E-state index in [1.54, 1.807) is 22.9 Å². The maximum atomic E-state index is 12.8. The minimum atomic E-state index is -0.264. The number of hydrogen-bond acceptors (Lipinski definition) is 5. The summed E-state index contributed by atoms with van der Waals surface area (Å²) in [6, 6.07) is 7.28. The highest BCUT2D eigenvalue weighted by Gasteiger charge is 2.26. The number of carbonyl (C=O) groups excluding carboxylic acids is 1. The largest absolute Gasteiger partial charge is 0.489 e. The van der Waals surface area contributed by atoms with Gasteiger partial charge in [0.05, 0.1) is 28.9 Å². The van der Waals surface area contributed by atoms with Crippen LogP contribution >= 0.6 is 0 Å². The average molecular weight is 350 g/mol. The highest BCUT2D eigenvalue weighted by molar-refractivity contribution is 6.03. The Morgan fingerprint density at radius 2 is 2.27 bits per heavy atom. The van der Waals surface area contributed by atoms with E-state index in [0.29, 0.717) is 41.6 Å². The molecule has 3 heterocycles. The Kier molecular flexibility index (Phi) is 3.65. The third-order valence-corrected chi connectivity index (χ3v) is 4.46. The molecule has 0 saturated heterocycles. The number of aryl methyl sites for hydroxylation is 2. The second-order valence-corrected chi connectivity index (χ2v) is 6.36. The first kappa shape index (κ1) is 16.1. The van der Waals surface area contributed by atoms with Crippen molar-refractivity contribution in [1.29, 1.82) is 5.26 Å². The van der Waals surface area contributed by atoms with Crippen LogP contribution in [0.3, 0.4) is 0 Å². The number of nitrogens with one attached hydrogen (secondary N) is 1. The predicted molar refractivity (Wildman–Crippen MR) is 95.2 cm³/mol. The Balaban J connectivity index is 1.80. The van der Waals surface area contributed by atoms with Crippen LogP contribution in [0.25, 0.3) is 11.0 Å². The molecule has 1 aromatic carbocycles. The van der Waals surface area contributed by atoms with E-state index in [-0.39, 0.29) is 11.9 Å². The molecule has 0 spiro atoms. The van der Waals surface area contributed by atoms with Crippen LogP contribution in [-0.4, -0.2) is 31.8 Å². The van der Waals surface area contributed by atoms with Gasteiger partial charge in [0, 0.05) is 12.6 Å². The van der Waals surface area contributed by atoms with Gasteiger partial charge >= 0.3 is 0 Å². The number of carbonyl (C=O) groups is 1. The van der Waals surface area contributed by atoms with E-state index >= 15 is 0 Å². The van der Waals surface area contributed by atoms with Crippen molar-refractivity contribution in [3.63, 3.8) is 0 Å². The van der Waals surface area contributed by atoms with Crippen LogP contribution in [0.4, 0.5) is 5.95 Å². The van der Waals surface area contributed by atoms with Gasteiger partial charge in [-0.15, -0.1) is 0 Å². The standard InChI is InChI=1S/C18H18N6O2/c1-4-23-14(5-10(2)22-23)17(25)21-18-20-13-6-12(8-19)7-15-16(13)24(18)11(3)9-26-15/h5-7,11H,4,9H2,1-3H3,(H,20,21,25)/t11-/m0/s1. The van der Waals surface area contributed by atoms with E-state index in [9.17, 15) is 10.1 Å². The molecule has 0 fully saturated rings. The summed E-state index contributed by atoms with van der Waals surface area (Å²) < 4.78 is 9.37. The van der Waals surface area contributed by atoms with E-state index in [2.05, 4.69) is 21.5 Å². The zero-order chi connectivity index (χ0) is 18.4. The molecular weight excluding hydrogens is 332 g/mol. The van der Waals surface area contributed by atoms with E-state index in [1.165, 1.54) is 0 Å². The zero-order valence-electron chi connectivity index (χ0n) is 14.8. The molecule has 1 aliphatic rings. The molecule has 4 rings (SSSR count). The summed E-state index contributed by atoms with van der Waals surface area (Å²) in [6.07, 6.45) is 0. The van der Waals surface area contributed by atoms with Gasteiger partial charge in [0.1, 0.15) is 23.6 Å². The van der Waals surface area contributed by atoms with Crippen LogP contribution in [-0.2, 0) is 6.54 Å². The maximum Gasteiger partial charge on any atom is 0.276 e. The number of nitriles is 1. The SMILES string of the molecule is CCn1nc(C)cc1C(=O)Nc1nc2cc(C#N)cc3c2n1[C@@H](C)CO3. The van der Waals surface area contributed by atoms with Crippen LogP contribution in [0.15, 0.2) is 18.2 Å². The predicted octanol–water partition coefficient (Wildman–Crippen LogP) is 2.64. The van der Waals surface area contributed by atoms with Gasteiger partial charge in [0.15, 0.2) is 0 Å². The summed E-state index contributed by atoms with van der Waals surface area (Å²) in [6.45, 7) is 6.84. The maximum absolute atomic E-state index is 12.8. The van der Waals surface area contributed by atoms with Crippen LogP contribution < -0.4 is 10.1 Å². The molecule has 3 aromatic rings. The van der Waals surface area contributed by atoms with Gasteiger partial charge < -0.3 is 9.30 Å². The third kappa shape index (κ3) is 2.40. The van der Waals surface area contributed by atoms with Gasteiger partial charge in [-0.3, -0.25) is 14.8 Å². The molecule has 0 saturated carbocycles. The molecule has 0 aliphatic carbocycles. The van der Waals surface area contributed by atoms with Crippen molar-refractivity contribution in [1.82, 2.24) is 19.3 Å². The first-order valence-corrected chi connectivity index (χ1v) is 8.46. The van der Waals surface area contributed by atoms with Gasteiger partial charge in [-0.25, -0.2) is 4.98 Å². The number of ether oxygens (including phenoxy) is 1. The lowest BCUT2D eigenvalue weighted by Gasteiger charge is -2.24. The fraction of sp³-hybridized carbons (Fsp3) is 0.333. The normalized spacial score (nSPS) is 15.5. The Morgan fingerprint density at radius 1 is 1.46 bits per heavy atom. The summed E-state index contributed by atoms with van der Waals surface area (Å²) in [5.41, 5.74) is 3.17. The lowest BCUT2D eigenvalue weighted by atomic mass is 10.1. The van der Waals surface area contributed by atoms with E-state index < -0.39 is 0 Å². The van der Waals surface area contributed by atoms with Crippen molar-refractivity contribution in [3.05, 3.63) is 35.2 Å². The fourth-order valence-electron chi connectivity index (χ4n) is 3.31. The summed E-state index contributed by atoms with van der Waals surface area (Å²) >= 11 is 0. The first-order valence-electron chi connectivity index (χ1n) is 8.46. The molecule has 8 heteroatoms. The molecule has 8 nitrogen and oxygen atoms in total. The molecule has 1 atom stereocenters. The van der Waals surface area contributed by atoms with Crippen LogP contribution in [0, 0.1) is 18.3 Å². The van der Waals surface area contributed by atoms with Gasteiger partial charge in [0.2, 0.25) is 5.95 Å². The van der Waals surface area contributed by atoms with Crippen LogP contribution in [0.2, 0.25) is 0 Å². The van der Waals surface area contributed by atoms with Gasteiger partial charge in [-0.1, -0.05) is 0 Å². The number of nitrogens with zero attached hydrogens (tertiary/aromatic N) is 5. The number of aromatic nitrogens is 4. The molecule has 1 aliphatic heterocycles. The Hall–Kier alpha value is -3.34. The van der Waals surface area contributed by atoms with Crippen molar-refractivity contribution in [2.24, 2.45) is 0 Å². The summed E-state index contributed by atoms with van der Waals surface area (Å²) in [5, 5.41) is 16.4. The minimum Gasteiger partial charge on any atom is -0.489 e. The second-order valence-electron chi connectivity index (χ2n) is 6.36. The average Bonchev–Trinajstić information content (AvgIpc) is 3.19. The number of benzene rings is 1. The highest BCUT2D eigenvalue weighted by Crippen LogP contribution is 2.36. The van der Waals surface area contributed by atoms with E-state index in [4.69, 9.17) is 4.74 Å². The Bertz CT molecular complexity index is 1070. The lowest BCUT2D eigenvalue weighted by molar-refractivity contribution is 0.101. The molecule has 132 valence electrons. The number of anilines is 1. The van der Waals surface area contributed by atoms with Crippen molar-refractivity contribution in [2.45, 2.75) is 33.4 Å². The van der Waals surface area contributed by atoms with E-state index in [0.717, 1.165) is 11.2 Å². The molecule has 0 unspecified atom stereocenters. The molecule has 2 aromatic heterocycles. The first-order chi connectivity index (χ1) is 12.5. The lowest BCUT2D eigenvalue weighted by Crippen LogP contribution is -2.24. The van der Waals surface area contributed by atoms with Gasteiger partial charge in [0.25, 0.3) is 5.91 Å². The fourth-order valence-corrected chi connectivity index (χ4v) is 3.31. The second kappa shape index (κ2) is 5.88. The number of amides is 1. The molecule has 26 heavy (non-hydrogen) atoms. The van der Waals surface area contributed by atoms with E-state index in [1.807, 2.05) is 25.3 Å². The van der Waals surface area contributed by atoms with Crippen molar-refractivity contribution in [2.75, 3.05) is 11.9 Å². The topological polar surface area (TPSA) is 97.8 Å². The van der Waals surface area contributed by atoms with Crippen LogP contribution in [0.5, 0.6) is 5.75 Å². The Labute approximate surface area is 150 Å². The third-order valence-electron chi connectivity index (χ3n) is 4.46. The van der Waals surface area contributed by atoms with Crippen molar-refractivity contribution < 1.29 is 9.53 Å². The zero-order valence-corrected chi connectivity index (χ0v) is 14.8. The molecule has 1 amide bonds. The van der Waals surface area contributed by atoms with Crippen molar-refractivity contribution >= 4 is 22.9 Å². The number of hydrogen-bond donors (Lipinski definition) is 1. The highest BCUT2D eigenvalue weighted by atomic mass is 16.5. The molecule has 1 N–H and O–H groups in total. The smallest absolute Gasteiger partial charge is 0.276 e. The van der Waals surface area contributed by atoms with Crippen molar-refractivity contribution in [3.8, 4) is 11.8 Å². The molecule has 0 radical (unpaired) electrons. The number of imidazole rings is 1. The molecule has 0 bridgehead atoms. The molecular formula is C18H18N6O2.